The summed E-state index contributed by atoms with van der Waals surface area (Å²) in [4.78, 5) is 1.76. The van der Waals surface area contributed by atoms with Crippen molar-refractivity contribution in [1.82, 2.24) is 4.90 Å². The van der Waals surface area contributed by atoms with Gasteiger partial charge in [-0.15, -0.1) is 23.6 Å². The number of halogens is 1. The van der Waals surface area contributed by atoms with Crippen LogP contribution in [0.2, 0.25) is 0 Å². The third kappa shape index (κ3) is 8.10. The van der Waals surface area contributed by atoms with Crippen molar-refractivity contribution in [2.24, 2.45) is 0 Å². The van der Waals surface area contributed by atoms with Crippen LogP contribution in [-0.2, 0) is 0 Å². The Labute approximate surface area is 71.7 Å². The van der Waals surface area contributed by atoms with Gasteiger partial charge in [-0.25, -0.2) is 0 Å². The fourth-order valence-electron chi connectivity index (χ4n) is 0.574. The molecule has 0 aromatic carbocycles. The van der Waals surface area contributed by atoms with Gasteiger partial charge in [0.05, 0.1) is 0 Å². The van der Waals surface area contributed by atoms with Gasteiger partial charge in [-0.1, -0.05) is 6.08 Å². The Morgan fingerprint density at radius 3 is 2.40 bits per heavy atom. The molecular formula is C6H14BrNO2. The second-order valence-corrected chi connectivity index (χ2v) is 1.99. The monoisotopic (exact) mass is 211 g/mol. The summed E-state index contributed by atoms with van der Waals surface area (Å²) in [6.45, 7) is 4.45. The largest absolute Gasteiger partial charge is 0.367 e. The van der Waals surface area contributed by atoms with E-state index in [4.69, 9.17) is 10.2 Å². The molecule has 0 fully saturated rings. The number of nitrogens with zero attached hydrogens (tertiary/aromatic N) is 1. The third-order valence-corrected chi connectivity index (χ3v) is 0.916. The molecule has 3 nitrogen and oxygen atoms in total. The van der Waals surface area contributed by atoms with Crippen LogP contribution >= 0.6 is 17.0 Å². The third-order valence-electron chi connectivity index (χ3n) is 0.916. The van der Waals surface area contributed by atoms with Crippen molar-refractivity contribution in [3.63, 3.8) is 0 Å². The first kappa shape index (κ1) is 12.7. The van der Waals surface area contributed by atoms with E-state index in [2.05, 4.69) is 6.58 Å². The van der Waals surface area contributed by atoms with E-state index in [0.717, 1.165) is 0 Å². The molecule has 0 aliphatic heterocycles. The quantitative estimate of drug-likeness (QED) is 0.509. The molecule has 0 bridgehead atoms. The highest BCUT2D eigenvalue weighted by molar-refractivity contribution is 8.93. The van der Waals surface area contributed by atoms with Gasteiger partial charge in [0.25, 0.3) is 0 Å². The van der Waals surface area contributed by atoms with Crippen molar-refractivity contribution in [1.29, 1.82) is 0 Å². The second kappa shape index (κ2) is 7.21. The maximum Gasteiger partial charge on any atom is 0.164 e. The topological polar surface area (TPSA) is 43.7 Å². The molecule has 0 aliphatic carbocycles. The lowest BCUT2D eigenvalue weighted by Gasteiger charge is -2.14. The van der Waals surface area contributed by atoms with Gasteiger partial charge in [0.15, 0.2) is 6.29 Å². The van der Waals surface area contributed by atoms with Crippen molar-refractivity contribution < 1.29 is 10.2 Å². The predicted octanol–water partition coefficient (Wildman–Crippen LogP) is -0.00720. The molecule has 4 heteroatoms. The normalized spacial score (nSPS) is 9.70. The van der Waals surface area contributed by atoms with E-state index >= 15 is 0 Å². The molecule has 0 aromatic rings. The average Bonchev–Trinajstić information content (AvgIpc) is 1.63. The molecule has 0 radical (unpaired) electrons. The van der Waals surface area contributed by atoms with Gasteiger partial charge in [0, 0.05) is 13.1 Å². The Kier molecular flexibility index (Phi) is 9.19. The van der Waals surface area contributed by atoms with Gasteiger partial charge < -0.3 is 10.2 Å². The van der Waals surface area contributed by atoms with Crippen molar-refractivity contribution >= 4 is 17.0 Å². The van der Waals surface area contributed by atoms with Crippen molar-refractivity contribution in [2.45, 2.75) is 6.29 Å². The van der Waals surface area contributed by atoms with E-state index in [0.29, 0.717) is 6.54 Å². The van der Waals surface area contributed by atoms with Crippen LogP contribution in [0.4, 0.5) is 0 Å². The lowest BCUT2D eigenvalue weighted by molar-refractivity contribution is -0.0557. The first-order valence-corrected chi connectivity index (χ1v) is 2.82. The first-order chi connectivity index (χ1) is 4.16. The molecule has 0 rings (SSSR count). The Hall–Kier alpha value is 0.1000. The van der Waals surface area contributed by atoms with E-state index in [9.17, 15) is 0 Å². The Bertz CT molecular complexity index is 87.8. The lowest BCUT2D eigenvalue weighted by atomic mass is 10.5. The van der Waals surface area contributed by atoms with Crippen LogP contribution in [0.5, 0.6) is 0 Å². The molecule has 2 N–H and O–H groups in total. The zero-order chi connectivity index (χ0) is 7.28. The van der Waals surface area contributed by atoms with E-state index in [1.807, 2.05) is 0 Å². The van der Waals surface area contributed by atoms with Crippen LogP contribution < -0.4 is 0 Å². The molecule has 0 unspecified atom stereocenters. The number of aliphatic hydroxyl groups excluding tert-OH is 1. The second-order valence-electron chi connectivity index (χ2n) is 1.99. The highest BCUT2D eigenvalue weighted by Gasteiger charge is 1.99. The first-order valence-electron chi connectivity index (χ1n) is 2.82. The summed E-state index contributed by atoms with van der Waals surface area (Å²) in [5.74, 6) is 0. The van der Waals surface area contributed by atoms with Crippen LogP contribution in [0.3, 0.4) is 0 Å². The molecule has 0 spiro atoms. The zero-order valence-electron chi connectivity index (χ0n) is 6.03. The van der Waals surface area contributed by atoms with Crippen LogP contribution in [0.15, 0.2) is 12.7 Å². The number of rotatable bonds is 4. The fourth-order valence-corrected chi connectivity index (χ4v) is 0.574. The summed E-state index contributed by atoms with van der Waals surface area (Å²) in [5.41, 5.74) is 0. The summed E-state index contributed by atoms with van der Waals surface area (Å²) in [6.07, 6.45) is 0.470. The van der Waals surface area contributed by atoms with E-state index in [1.165, 1.54) is 0 Å². The van der Waals surface area contributed by atoms with Crippen LogP contribution in [0.25, 0.3) is 0 Å². The van der Waals surface area contributed by atoms with Gasteiger partial charge in [0.2, 0.25) is 0 Å². The zero-order valence-corrected chi connectivity index (χ0v) is 7.74. The summed E-state index contributed by atoms with van der Waals surface area (Å²) in [7, 11) is 1.79. The van der Waals surface area contributed by atoms with Gasteiger partial charge in [0.1, 0.15) is 0 Å². The molecule has 0 aliphatic rings. The molecular weight excluding hydrogens is 198 g/mol. The average molecular weight is 212 g/mol. The van der Waals surface area contributed by atoms with Gasteiger partial charge in [-0.3, -0.25) is 4.90 Å². The van der Waals surface area contributed by atoms with Gasteiger partial charge >= 0.3 is 0 Å². The number of hydrogen-bond donors (Lipinski definition) is 2. The molecule has 0 aromatic heterocycles. The Balaban J connectivity index is 0. The van der Waals surface area contributed by atoms with Crippen LogP contribution in [0.1, 0.15) is 0 Å². The molecule has 0 saturated heterocycles. The fraction of sp³-hybridized carbons (Fsp3) is 0.667. The Morgan fingerprint density at radius 2 is 2.10 bits per heavy atom. The van der Waals surface area contributed by atoms with Crippen LogP contribution in [-0.4, -0.2) is 41.5 Å². The molecule has 0 heterocycles. The van der Waals surface area contributed by atoms with Gasteiger partial charge in [-0.2, -0.15) is 0 Å². The molecule has 62 valence electrons. The number of aliphatic hydroxyl groups is 2. The maximum atomic E-state index is 8.43. The van der Waals surface area contributed by atoms with E-state index < -0.39 is 6.29 Å². The summed E-state index contributed by atoms with van der Waals surface area (Å²) in [6, 6.07) is 0. The smallest absolute Gasteiger partial charge is 0.164 e. The minimum Gasteiger partial charge on any atom is -0.367 e. The molecule has 10 heavy (non-hydrogen) atoms. The predicted molar refractivity (Wildman–Crippen MR) is 46.2 cm³/mol. The van der Waals surface area contributed by atoms with E-state index in [1.54, 1.807) is 18.0 Å². The Morgan fingerprint density at radius 1 is 1.60 bits per heavy atom. The highest BCUT2D eigenvalue weighted by Crippen LogP contribution is 1.84. The summed E-state index contributed by atoms with van der Waals surface area (Å²) >= 11 is 0. The summed E-state index contributed by atoms with van der Waals surface area (Å²) < 4.78 is 0. The molecule has 0 amide bonds. The van der Waals surface area contributed by atoms with Crippen molar-refractivity contribution in [3.8, 4) is 0 Å². The van der Waals surface area contributed by atoms with Crippen molar-refractivity contribution in [2.75, 3.05) is 20.1 Å². The maximum absolute atomic E-state index is 8.43. The highest BCUT2D eigenvalue weighted by atomic mass is 79.9. The SMILES string of the molecule is Br.C=CCN(C)CC(O)O. The number of likely N-dealkylation sites (N-methyl/N-ethyl adjacent to an activating group) is 1. The van der Waals surface area contributed by atoms with Crippen molar-refractivity contribution in [3.05, 3.63) is 12.7 Å². The summed E-state index contributed by atoms with van der Waals surface area (Å²) in [5, 5.41) is 16.9. The minimum atomic E-state index is -1.24. The van der Waals surface area contributed by atoms with Crippen LogP contribution in [0, 0.1) is 0 Å². The molecule has 0 saturated carbocycles. The number of hydrogen-bond acceptors (Lipinski definition) is 3. The lowest BCUT2D eigenvalue weighted by Crippen LogP contribution is -2.28. The minimum absolute atomic E-state index is 0. The van der Waals surface area contributed by atoms with Gasteiger partial charge in [-0.05, 0) is 7.05 Å². The van der Waals surface area contributed by atoms with E-state index in [-0.39, 0.29) is 23.5 Å². The standard InChI is InChI=1S/C6H13NO2.BrH/c1-3-4-7(2)5-6(8)9;/h3,6,8-9H,1,4-5H2,2H3;1H. The molecule has 0 atom stereocenters.